The number of anilines is 1. The molecule has 2 rings (SSSR count). The third kappa shape index (κ3) is 3.32. The highest BCUT2D eigenvalue weighted by atomic mass is 16.5. The number of ether oxygens (including phenoxy) is 2. The highest BCUT2D eigenvalue weighted by molar-refractivity contribution is 5.55. The molecule has 0 atom stereocenters. The first-order valence-electron chi connectivity index (χ1n) is 7.23. The minimum Gasteiger partial charge on any atom is -0.493 e. The van der Waals surface area contributed by atoms with Gasteiger partial charge >= 0.3 is 0 Å². The van der Waals surface area contributed by atoms with E-state index in [1.165, 1.54) is 17.0 Å². The zero-order valence-corrected chi connectivity index (χ0v) is 13.5. The number of methoxy groups -OCH3 is 1. The molecule has 114 valence electrons. The quantitative estimate of drug-likeness (QED) is 0.881. The molecule has 1 aromatic heterocycles. The molecule has 0 aliphatic heterocycles. The van der Waals surface area contributed by atoms with Crippen LogP contribution in [0.15, 0.2) is 24.3 Å². The number of hydrogen-bond acceptors (Lipinski definition) is 3. The van der Waals surface area contributed by atoms with Gasteiger partial charge in [0, 0.05) is 36.7 Å². The van der Waals surface area contributed by atoms with E-state index in [0.29, 0.717) is 6.61 Å². The third-order valence-corrected chi connectivity index (χ3v) is 3.83. The number of hydrogen-bond donors (Lipinski definition) is 1. The molecule has 0 aliphatic carbocycles. The average molecular weight is 288 g/mol. The average Bonchev–Trinajstić information content (AvgIpc) is 2.73. The van der Waals surface area contributed by atoms with E-state index in [1.54, 1.807) is 7.11 Å². The van der Waals surface area contributed by atoms with Gasteiger partial charge in [0.05, 0.1) is 13.7 Å². The molecule has 0 saturated carbocycles. The van der Waals surface area contributed by atoms with Gasteiger partial charge in [-0.05, 0) is 44.5 Å². The fraction of sp³-hybridized carbons (Fsp3) is 0.412. The largest absolute Gasteiger partial charge is 0.493 e. The van der Waals surface area contributed by atoms with Gasteiger partial charge in [-0.15, -0.1) is 0 Å². The zero-order chi connectivity index (χ0) is 15.4. The maximum atomic E-state index is 5.53. The predicted molar refractivity (Wildman–Crippen MR) is 86.4 cm³/mol. The molecule has 1 heterocycles. The van der Waals surface area contributed by atoms with Crippen molar-refractivity contribution in [1.82, 2.24) is 4.57 Å². The lowest BCUT2D eigenvalue weighted by molar-refractivity contribution is 0.311. The second kappa shape index (κ2) is 6.57. The lowest BCUT2D eigenvalue weighted by atomic mass is 10.2. The maximum Gasteiger partial charge on any atom is 0.162 e. The molecule has 0 bridgehead atoms. The van der Waals surface area contributed by atoms with E-state index in [0.717, 1.165) is 23.7 Å². The Kier molecular flexibility index (Phi) is 4.78. The zero-order valence-electron chi connectivity index (χ0n) is 13.5. The van der Waals surface area contributed by atoms with Crippen molar-refractivity contribution in [2.75, 3.05) is 19.0 Å². The van der Waals surface area contributed by atoms with E-state index in [-0.39, 0.29) is 0 Å². The minimum atomic E-state index is 0.631. The van der Waals surface area contributed by atoms with Crippen LogP contribution in [0, 0.1) is 13.8 Å². The summed E-state index contributed by atoms with van der Waals surface area (Å²) in [6.07, 6.45) is 0. The van der Waals surface area contributed by atoms with Crippen LogP contribution in [0.4, 0.5) is 5.69 Å². The molecule has 0 amide bonds. The van der Waals surface area contributed by atoms with E-state index in [9.17, 15) is 0 Å². The van der Waals surface area contributed by atoms with E-state index in [1.807, 2.05) is 25.1 Å². The van der Waals surface area contributed by atoms with Gasteiger partial charge in [0.25, 0.3) is 0 Å². The summed E-state index contributed by atoms with van der Waals surface area (Å²) in [6, 6.07) is 8.14. The Morgan fingerprint density at radius 2 is 1.90 bits per heavy atom. The van der Waals surface area contributed by atoms with E-state index < -0.39 is 0 Å². The lowest BCUT2D eigenvalue weighted by Crippen LogP contribution is -2.02. The summed E-state index contributed by atoms with van der Waals surface area (Å²) in [5.41, 5.74) is 4.89. The highest BCUT2D eigenvalue weighted by Gasteiger charge is 2.08. The van der Waals surface area contributed by atoms with Crippen molar-refractivity contribution >= 4 is 5.69 Å². The van der Waals surface area contributed by atoms with Crippen molar-refractivity contribution in [2.45, 2.75) is 27.3 Å². The van der Waals surface area contributed by atoms with Crippen LogP contribution >= 0.6 is 0 Å². The van der Waals surface area contributed by atoms with E-state index >= 15 is 0 Å². The summed E-state index contributed by atoms with van der Waals surface area (Å²) in [5.74, 6) is 1.53. The molecule has 0 aliphatic rings. The van der Waals surface area contributed by atoms with Crippen molar-refractivity contribution in [1.29, 1.82) is 0 Å². The van der Waals surface area contributed by atoms with Gasteiger partial charge in [0.1, 0.15) is 0 Å². The molecule has 0 radical (unpaired) electrons. The molecule has 0 spiro atoms. The summed E-state index contributed by atoms with van der Waals surface area (Å²) < 4.78 is 13.1. The van der Waals surface area contributed by atoms with E-state index in [4.69, 9.17) is 9.47 Å². The summed E-state index contributed by atoms with van der Waals surface area (Å²) in [5, 5.41) is 3.44. The molecule has 0 fully saturated rings. The molecule has 0 unspecified atom stereocenters. The van der Waals surface area contributed by atoms with Crippen LogP contribution in [0.25, 0.3) is 0 Å². The molecule has 0 saturated heterocycles. The van der Waals surface area contributed by atoms with Crippen LogP contribution in [0.1, 0.15) is 23.9 Å². The van der Waals surface area contributed by atoms with Crippen LogP contribution in [0.5, 0.6) is 11.5 Å². The first kappa shape index (κ1) is 15.3. The smallest absolute Gasteiger partial charge is 0.162 e. The standard InChI is InChI=1S/C17H24N2O2/c1-6-21-16-8-7-15(10-17(16)20-5)18-11-14-9-12(2)19(4)13(14)3/h7-10,18H,6,11H2,1-5H3. The third-order valence-electron chi connectivity index (χ3n) is 3.83. The maximum absolute atomic E-state index is 5.53. The molecule has 21 heavy (non-hydrogen) atoms. The molecule has 4 nitrogen and oxygen atoms in total. The van der Waals surface area contributed by atoms with Crippen molar-refractivity contribution in [3.8, 4) is 11.5 Å². The van der Waals surface area contributed by atoms with Crippen LogP contribution in [-0.2, 0) is 13.6 Å². The molecular formula is C17H24N2O2. The fourth-order valence-corrected chi connectivity index (χ4v) is 2.36. The highest BCUT2D eigenvalue weighted by Crippen LogP contribution is 2.30. The van der Waals surface area contributed by atoms with Crippen LogP contribution in [0.2, 0.25) is 0 Å². The van der Waals surface area contributed by atoms with E-state index in [2.05, 4.69) is 36.8 Å². The Hall–Kier alpha value is -2.10. The normalized spacial score (nSPS) is 10.5. The monoisotopic (exact) mass is 288 g/mol. The van der Waals surface area contributed by atoms with Crippen LogP contribution < -0.4 is 14.8 Å². The Bertz CT molecular complexity index is 617. The molecule has 1 N–H and O–H groups in total. The number of rotatable bonds is 6. The topological polar surface area (TPSA) is 35.4 Å². The lowest BCUT2D eigenvalue weighted by Gasteiger charge is -2.12. The minimum absolute atomic E-state index is 0.631. The first-order chi connectivity index (χ1) is 10.1. The van der Waals surface area contributed by atoms with Gasteiger partial charge in [-0.1, -0.05) is 0 Å². The Labute approximate surface area is 126 Å². The van der Waals surface area contributed by atoms with Crippen molar-refractivity contribution in [2.24, 2.45) is 7.05 Å². The van der Waals surface area contributed by atoms with Gasteiger partial charge in [-0.2, -0.15) is 0 Å². The number of nitrogens with zero attached hydrogens (tertiary/aromatic N) is 1. The number of aryl methyl sites for hydroxylation is 1. The van der Waals surface area contributed by atoms with Gasteiger partial charge in [-0.25, -0.2) is 0 Å². The van der Waals surface area contributed by atoms with Gasteiger partial charge in [0.15, 0.2) is 11.5 Å². The van der Waals surface area contributed by atoms with Gasteiger partial charge in [0.2, 0.25) is 0 Å². The summed E-state index contributed by atoms with van der Waals surface area (Å²) in [7, 11) is 3.75. The molecular weight excluding hydrogens is 264 g/mol. The SMILES string of the molecule is CCOc1ccc(NCc2cc(C)n(C)c2C)cc1OC. The molecule has 2 aromatic rings. The molecule has 1 aromatic carbocycles. The first-order valence-corrected chi connectivity index (χ1v) is 7.23. The Morgan fingerprint density at radius 1 is 1.14 bits per heavy atom. The Morgan fingerprint density at radius 3 is 2.48 bits per heavy atom. The Balaban J connectivity index is 2.11. The van der Waals surface area contributed by atoms with Crippen molar-refractivity contribution < 1.29 is 9.47 Å². The molecule has 4 heteroatoms. The number of aromatic nitrogens is 1. The number of benzene rings is 1. The van der Waals surface area contributed by atoms with Crippen LogP contribution in [-0.4, -0.2) is 18.3 Å². The predicted octanol–water partition coefficient (Wildman–Crippen LogP) is 3.66. The second-order valence-electron chi connectivity index (χ2n) is 5.11. The number of nitrogens with one attached hydrogen (secondary N) is 1. The summed E-state index contributed by atoms with van der Waals surface area (Å²) in [4.78, 5) is 0. The van der Waals surface area contributed by atoms with Crippen molar-refractivity contribution in [3.63, 3.8) is 0 Å². The fourth-order valence-electron chi connectivity index (χ4n) is 2.36. The van der Waals surface area contributed by atoms with Crippen molar-refractivity contribution in [3.05, 3.63) is 41.2 Å². The van der Waals surface area contributed by atoms with Gasteiger partial charge in [-0.3, -0.25) is 0 Å². The van der Waals surface area contributed by atoms with Crippen LogP contribution in [0.3, 0.4) is 0 Å². The summed E-state index contributed by atoms with van der Waals surface area (Å²) >= 11 is 0. The second-order valence-corrected chi connectivity index (χ2v) is 5.11. The van der Waals surface area contributed by atoms with Gasteiger partial charge < -0.3 is 19.4 Å². The summed E-state index contributed by atoms with van der Waals surface area (Å²) in [6.45, 7) is 7.65.